The van der Waals surface area contributed by atoms with Crippen molar-refractivity contribution in [2.75, 3.05) is 23.3 Å². The number of benzene rings is 2. The Morgan fingerprint density at radius 3 is 2.36 bits per heavy atom. The van der Waals surface area contributed by atoms with Crippen LogP contribution in [-0.4, -0.2) is 36.1 Å². The molecule has 1 heterocycles. The second-order valence-corrected chi connectivity index (χ2v) is 5.65. The van der Waals surface area contributed by atoms with E-state index in [0.29, 0.717) is 5.69 Å². The molecule has 1 fully saturated rings. The summed E-state index contributed by atoms with van der Waals surface area (Å²) < 4.78 is 45.1. The number of rotatable bonds is 3. The average molecular weight is 394 g/mol. The SMILES string of the molecule is NC(=O)Oc1c(F)ccc(NC(=O)N2CCN(c3ccc(F)cc3)C2=O)c1F. The Bertz CT molecular complexity index is 952. The first kappa shape index (κ1) is 19.0. The topological polar surface area (TPSA) is 105 Å². The van der Waals surface area contributed by atoms with Crippen molar-refractivity contribution in [3.63, 3.8) is 0 Å². The van der Waals surface area contributed by atoms with Gasteiger partial charge in [-0.05, 0) is 36.4 Å². The van der Waals surface area contributed by atoms with E-state index in [1.807, 2.05) is 0 Å². The molecule has 11 heteroatoms. The third-order valence-corrected chi connectivity index (χ3v) is 3.89. The quantitative estimate of drug-likeness (QED) is 0.835. The van der Waals surface area contributed by atoms with Crippen LogP contribution in [0.5, 0.6) is 5.75 Å². The molecule has 0 unspecified atom stereocenters. The fourth-order valence-corrected chi connectivity index (χ4v) is 2.59. The normalized spacial score (nSPS) is 13.6. The van der Waals surface area contributed by atoms with Crippen LogP contribution in [0.2, 0.25) is 0 Å². The van der Waals surface area contributed by atoms with Crippen LogP contribution in [0.3, 0.4) is 0 Å². The largest absolute Gasteiger partial charge is 0.410 e. The molecule has 1 aliphatic heterocycles. The summed E-state index contributed by atoms with van der Waals surface area (Å²) in [7, 11) is 0. The van der Waals surface area contributed by atoms with Crippen molar-refractivity contribution in [2.45, 2.75) is 0 Å². The molecule has 3 N–H and O–H groups in total. The van der Waals surface area contributed by atoms with Crippen LogP contribution in [0.4, 0.5) is 38.9 Å². The second kappa shape index (κ2) is 7.47. The maximum absolute atomic E-state index is 14.3. The van der Waals surface area contributed by atoms with Crippen LogP contribution in [-0.2, 0) is 0 Å². The van der Waals surface area contributed by atoms with Crippen molar-refractivity contribution in [3.05, 3.63) is 53.8 Å². The van der Waals surface area contributed by atoms with E-state index < -0.39 is 47.0 Å². The molecule has 0 radical (unpaired) electrons. The van der Waals surface area contributed by atoms with Gasteiger partial charge in [0.2, 0.25) is 5.75 Å². The standard InChI is InChI=1S/C17H13F3N4O4/c18-9-1-3-10(4-2-9)23-7-8-24(17(23)27)16(26)22-12-6-5-11(19)14(13(12)20)28-15(21)25/h1-6H,7-8H2,(H2,21,25)(H,22,26). The number of imide groups is 1. The summed E-state index contributed by atoms with van der Waals surface area (Å²) in [5.74, 6) is -4.13. The highest BCUT2D eigenvalue weighted by molar-refractivity contribution is 6.08. The zero-order chi connectivity index (χ0) is 20.4. The zero-order valence-electron chi connectivity index (χ0n) is 14.1. The van der Waals surface area contributed by atoms with Crippen LogP contribution in [0, 0.1) is 17.5 Å². The van der Waals surface area contributed by atoms with Crippen molar-refractivity contribution >= 4 is 29.5 Å². The van der Waals surface area contributed by atoms with E-state index in [-0.39, 0.29) is 13.1 Å². The molecular formula is C17H13F3N4O4. The van der Waals surface area contributed by atoms with Gasteiger partial charge in [-0.1, -0.05) is 0 Å². The third kappa shape index (κ3) is 3.68. The maximum Gasteiger partial charge on any atom is 0.410 e. The smallest absolute Gasteiger partial charge is 0.404 e. The first-order valence-corrected chi connectivity index (χ1v) is 7.89. The Kier molecular flexibility index (Phi) is 5.07. The summed E-state index contributed by atoms with van der Waals surface area (Å²) in [4.78, 5) is 37.6. The fraction of sp³-hybridized carbons (Fsp3) is 0.118. The minimum atomic E-state index is -1.44. The molecule has 0 bridgehead atoms. The van der Waals surface area contributed by atoms with Crippen LogP contribution in [0.15, 0.2) is 36.4 Å². The van der Waals surface area contributed by atoms with Crippen molar-refractivity contribution in [1.82, 2.24) is 4.90 Å². The average Bonchev–Trinajstić information content (AvgIpc) is 3.03. The molecule has 146 valence electrons. The molecule has 2 aromatic carbocycles. The number of amides is 5. The third-order valence-electron chi connectivity index (χ3n) is 3.89. The number of carbonyl (C=O) groups excluding carboxylic acids is 3. The molecule has 0 spiro atoms. The monoisotopic (exact) mass is 394 g/mol. The summed E-state index contributed by atoms with van der Waals surface area (Å²) in [5, 5.41) is 2.11. The number of nitrogens with zero attached hydrogens (tertiary/aromatic N) is 2. The number of anilines is 2. The lowest BCUT2D eigenvalue weighted by Crippen LogP contribution is -2.39. The number of carbonyl (C=O) groups is 3. The molecule has 0 saturated carbocycles. The summed E-state index contributed by atoms with van der Waals surface area (Å²) >= 11 is 0. The highest BCUT2D eigenvalue weighted by atomic mass is 19.1. The molecule has 0 atom stereocenters. The van der Waals surface area contributed by atoms with Gasteiger partial charge in [0.1, 0.15) is 5.82 Å². The van der Waals surface area contributed by atoms with Gasteiger partial charge < -0.3 is 15.8 Å². The lowest BCUT2D eigenvalue weighted by molar-refractivity contribution is 0.206. The van der Waals surface area contributed by atoms with Gasteiger partial charge in [-0.25, -0.2) is 32.5 Å². The van der Waals surface area contributed by atoms with Crippen molar-refractivity contribution in [3.8, 4) is 5.75 Å². The first-order valence-electron chi connectivity index (χ1n) is 7.89. The van der Waals surface area contributed by atoms with Crippen LogP contribution in [0.1, 0.15) is 0 Å². The van der Waals surface area contributed by atoms with Gasteiger partial charge in [0.15, 0.2) is 11.6 Å². The summed E-state index contributed by atoms with van der Waals surface area (Å²) in [6.07, 6.45) is -1.44. The predicted molar refractivity (Wildman–Crippen MR) is 91.4 cm³/mol. The van der Waals surface area contributed by atoms with E-state index in [2.05, 4.69) is 10.1 Å². The Labute approximate surface area is 156 Å². The van der Waals surface area contributed by atoms with Gasteiger partial charge in [-0.15, -0.1) is 0 Å². The number of primary amides is 1. The fourth-order valence-electron chi connectivity index (χ4n) is 2.59. The highest BCUT2D eigenvalue weighted by Crippen LogP contribution is 2.29. The zero-order valence-corrected chi connectivity index (χ0v) is 14.1. The summed E-state index contributed by atoms with van der Waals surface area (Å²) in [6.45, 7) is 0.120. The number of urea groups is 2. The van der Waals surface area contributed by atoms with E-state index in [4.69, 9.17) is 5.73 Å². The Morgan fingerprint density at radius 1 is 1.04 bits per heavy atom. The van der Waals surface area contributed by atoms with E-state index in [9.17, 15) is 27.6 Å². The Balaban J connectivity index is 1.76. The molecule has 8 nitrogen and oxygen atoms in total. The van der Waals surface area contributed by atoms with Crippen LogP contribution >= 0.6 is 0 Å². The van der Waals surface area contributed by atoms with Gasteiger partial charge in [-0.3, -0.25) is 4.90 Å². The molecule has 1 saturated heterocycles. The maximum atomic E-state index is 14.3. The minimum absolute atomic E-state index is 0.0184. The van der Waals surface area contributed by atoms with E-state index in [1.54, 1.807) is 0 Å². The van der Waals surface area contributed by atoms with Gasteiger partial charge in [0.05, 0.1) is 12.2 Å². The molecule has 3 rings (SSSR count). The summed E-state index contributed by atoms with van der Waals surface area (Å²) in [6, 6.07) is 5.05. The Morgan fingerprint density at radius 2 is 1.71 bits per heavy atom. The van der Waals surface area contributed by atoms with Gasteiger partial charge in [0, 0.05) is 12.2 Å². The molecule has 0 aromatic heterocycles. The molecule has 0 aliphatic carbocycles. The Hall–Kier alpha value is -3.76. The lowest BCUT2D eigenvalue weighted by Gasteiger charge is -2.18. The van der Waals surface area contributed by atoms with E-state index in [1.165, 1.54) is 29.2 Å². The van der Waals surface area contributed by atoms with E-state index >= 15 is 0 Å². The number of nitrogens with one attached hydrogen (secondary N) is 1. The van der Waals surface area contributed by atoms with Gasteiger partial charge >= 0.3 is 18.2 Å². The second-order valence-electron chi connectivity index (χ2n) is 5.65. The number of nitrogens with two attached hydrogens (primary N) is 1. The highest BCUT2D eigenvalue weighted by Gasteiger charge is 2.34. The minimum Gasteiger partial charge on any atom is -0.404 e. The number of ether oxygens (including phenoxy) is 1. The van der Waals surface area contributed by atoms with Crippen LogP contribution in [0.25, 0.3) is 0 Å². The first-order chi connectivity index (χ1) is 13.3. The van der Waals surface area contributed by atoms with Crippen molar-refractivity contribution < 1.29 is 32.3 Å². The van der Waals surface area contributed by atoms with Gasteiger partial charge in [0.25, 0.3) is 0 Å². The molecule has 2 aromatic rings. The predicted octanol–water partition coefficient (Wildman–Crippen LogP) is 3.04. The lowest BCUT2D eigenvalue weighted by atomic mass is 10.2. The molecular weight excluding hydrogens is 381 g/mol. The van der Waals surface area contributed by atoms with E-state index in [0.717, 1.165) is 17.0 Å². The summed E-state index contributed by atoms with van der Waals surface area (Å²) in [5.41, 5.74) is 4.61. The number of halogens is 3. The van der Waals surface area contributed by atoms with Crippen LogP contribution < -0.4 is 20.7 Å². The molecule has 1 aliphatic rings. The molecule has 5 amide bonds. The van der Waals surface area contributed by atoms with Crippen molar-refractivity contribution in [1.29, 1.82) is 0 Å². The molecule has 28 heavy (non-hydrogen) atoms. The number of hydrogen-bond acceptors (Lipinski definition) is 4. The van der Waals surface area contributed by atoms with Crippen molar-refractivity contribution in [2.24, 2.45) is 5.73 Å². The number of hydrogen-bond donors (Lipinski definition) is 2. The van der Waals surface area contributed by atoms with Gasteiger partial charge in [-0.2, -0.15) is 0 Å².